The zero-order valence-electron chi connectivity index (χ0n) is 15.1. The zero-order chi connectivity index (χ0) is 20.1. The maximum atomic E-state index is 12.9. The van der Waals surface area contributed by atoms with Gasteiger partial charge in [-0.15, -0.1) is 0 Å². The molecule has 0 aliphatic carbocycles. The van der Waals surface area contributed by atoms with Crippen molar-refractivity contribution in [2.75, 3.05) is 13.1 Å². The maximum absolute atomic E-state index is 12.9. The van der Waals surface area contributed by atoms with Gasteiger partial charge in [0.2, 0.25) is 11.8 Å². The summed E-state index contributed by atoms with van der Waals surface area (Å²) >= 11 is 5.56. The Hall–Kier alpha value is -2.02. The number of likely N-dealkylation sites (N-methyl/N-ethyl adjacent to an activating group) is 1. The number of halogens is 4. The molecule has 0 radical (unpaired) electrons. The van der Waals surface area contributed by atoms with Gasteiger partial charge in [-0.2, -0.15) is 13.2 Å². The fourth-order valence-corrected chi connectivity index (χ4v) is 2.34. The molecule has 0 aromatic heterocycles. The summed E-state index contributed by atoms with van der Waals surface area (Å²) in [6.07, 6.45) is -2.18. The minimum atomic E-state index is -4.58. The van der Waals surface area contributed by atoms with Crippen molar-refractivity contribution in [3.8, 4) is 0 Å². The molecule has 1 aromatic carbocycles. The molecule has 0 spiro atoms. The molecule has 8 heteroatoms. The topological polar surface area (TPSA) is 49.4 Å². The summed E-state index contributed by atoms with van der Waals surface area (Å²) in [5.41, 5.74) is -1.21. The Morgan fingerprint density at radius 2 is 1.85 bits per heavy atom. The largest absolute Gasteiger partial charge is 0.417 e. The van der Waals surface area contributed by atoms with Crippen molar-refractivity contribution < 1.29 is 22.8 Å². The van der Waals surface area contributed by atoms with Crippen LogP contribution >= 0.6 is 11.6 Å². The molecule has 0 aliphatic heterocycles. The third kappa shape index (κ3) is 7.07. The summed E-state index contributed by atoms with van der Waals surface area (Å²) < 4.78 is 38.6. The highest BCUT2D eigenvalue weighted by Gasteiger charge is 2.33. The Labute approximate surface area is 156 Å². The van der Waals surface area contributed by atoms with Crippen molar-refractivity contribution in [3.05, 3.63) is 40.4 Å². The number of hydrogen-bond acceptors (Lipinski definition) is 2. The van der Waals surface area contributed by atoms with E-state index in [9.17, 15) is 22.8 Å². The molecule has 1 aromatic rings. The highest BCUT2D eigenvalue weighted by atomic mass is 35.5. The van der Waals surface area contributed by atoms with Crippen molar-refractivity contribution in [1.29, 1.82) is 0 Å². The zero-order valence-corrected chi connectivity index (χ0v) is 15.8. The molecule has 144 valence electrons. The standard InChI is InChI=1S/C18H22ClF3N2O2/c1-5-24(11-15(25)23-17(2,3)4)16(26)9-7-12-6-8-14(19)13(10-12)18(20,21)22/h6-10H,5,11H2,1-4H3,(H,23,25)/b9-7+. The molecule has 26 heavy (non-hydrogen) atoms. The predicted molar refractivity (Wildman–Crippen MR) is 95.6 cm³/mol. The SMILES string of the molecule is CCN(CC(=O)NC(C)(C)C)C(=O)/C=C/c1ccc(Cl)c(C(F)(F)F)c1. The van der Waals surface area contributed by atoms with Crippen LogP contribution in [0.2, 0.25) is 5.02 Å². The fraction of sp³-hybridized carbons (Fsp3) is 0.444. The summed E-state index contributed by atoms with van der Waals surface area (Å²) in [6, 6.07) is 3.38. The van der Waals surface area contributed by atoms with Crippen LogP contribution in [0.3, 0.4) is 0 Å². The average molecular weight is 391 g/mol. The van der Waals surface area contributed by atoms with Crippen molar-refractivity contribution in [3.63, 3.8) is 0 Å². The number of alkyl halides is 3. The number of benzene rings is 1. The first kappa shape index (κ1) is 22.0. The number of amides is 2. The Morgan fingerprint density at radius 3 is 2.35 bits per heavy atom. The first-order valence-electron chi connectivity index (χ1n) is 7.98. The van der Waals surface area contributed by atoms with Crippen LogP contribution in [0.4, 0.5) is 13.2 Å². The normalized spacial score (nSPS) is 12.3. The summed E-state index contributed by atoms with van der Waals surface area (Å²) in [7, 11) is 0. The summed E-state index contributed by atoms with van der Waals surface area (Å²) in [5.74, 6) is -0.785. The minimum absolute atomic E-state index is 0.134. The second-order valence-corrected chi connectivity index (χ2v) is 7.13. The van der Waals surface area contributed by atoms with Gasteiger partial charge in [0.05, 0.1) is 17.1 Å². The molecule has 0 saturated heterocycles. The van der Waals surface area contributed by atoms with E-state index in [1.54, 1.807) is 6.92 Å². The van der Waals surface area contributed by atoms with Crippen molar-refractivity contribution in [2.24, 2.45) is 0 Å². The molecule has 4 nitrogen and oxygen atoms in total. The third-order valence-electron chi connectivity index (χ3n) is 3.26. The molecule has 0 saturated carbocycles. The molecule has 0 aliphatic rings. The lowest BCUT2D eigenvalue weighted by Gasteiger charge is -2.24. The number of rotatable bonds is 5. The molecule has 0 heterocycles. The van der Waals surface area contributed by atoms with E-state index >= 15 is 0 Å². The molecule has 1 N–H and O–H groups in total. The molecule has 1 rings (SSSR count). The molecular formula is C18H22ClF3N2O2. The van der Waals surface area contributed by atoms with Crippen molar-refractivity contribution in [2.45, 2.75) is 39.4 Å². The van der Waals surface area contributed by atoms with Crippen LogP contribution in [-0.2, 0) is 15.8 Å². The van der Waals surface area contributed by atoms with E-state index in [-0.39, 0.29) is 24.6 Å². The second kappa shape index (κ2) is 8.58. The van der Waals surface area contributed by atoms with E-state index in [1.807, 2.05) is 20.8 Å². The van der Waals surface area contributed by atoms with Crippen molar-refractivity contribution >= 4 is 29.5 Å². The van der Waals surface area contributed by atoms with E-state index in [4.69, 9.17) is 11.6 Å². The molecule has 0 bridgehead atoms. The fourth-order valence-electron chi connectivity index (χ4n) is 2.11. The van der Waals surface area contributed by atoms with Gasteiger partial charge in [0.1, 0.15) is 0 Å². The van der Waals surface area contributed by atoms with E-state index in [1.165, 1.54) is 17.0 Å². The van der Waals surface area contributed by atoms with Crippen LogP contribution < -0.4 is 5.32 Å². The van der Waals surface area contributed by atoms with Crippen LogP contribution in [0.5, 0.6) is 0 Å². The van der Waals surface area contributed by atoms with Gasteiger partial charge in [0.15, 0.2) is 0 Å². The molecular weight excluding hydrogens is 369 g/mol. The lowest BCUT2D eigenvalue weighted by molar-refractivity contribution is -0.137. The number of carbonyl (C=O) groups is 2. The molecule has 0 fully saturated rings. The Kier molecular flexibility index (Phi) is 7.26. The van der Waals surface area contributed by atoms with E-state index in [0.717, 1.165) is 18.2 Å². The highest BCUT2D eigenvalue weighted by Crippen LogP contribution is 2.35. The predicted octanol–water partition coefficient (Wildman–Crippen LogP) is 4.14. The number of carbonyl (C=O) groups excluding carboxylic acids is 2. The van der Waals surface area contributed by atoms with E-state index < -0.39 is 28.2 Å². The van der Waals surface area contributed by atoms with E-state index in [0.29, 0.717) is 0 Å². The van der Waals surface area contributed by atoms with Gasteiger partial charge >= 0.3 is 6.18 Å². The summed E-state index contributed by atoms with van der Waals surface area (Å²) in [4.78, 5) is 25.4. The lowest BCUT2D eigenvalue weighted by Crippen LogP contribution is -2.47. The Morgan fingerprint density at radius 1 is 1.23 bits per heavy atom. The maximum Gasteiger partial charge on any atom is 0.417 e. The van der Waals surface area contributed by atoms with Gasteiger partial charge in [0, 0.05) is 18.2 Å². The lowest BCUT2D eigenvalue weighted by atomic mass is 10.1. The first-order valence-corrected chi connectivity index (χ1v) is 8.36. The summed E-state index contributed by atoms with van der Waals surface area (Å²) in [6.45, 7) is 7.33. The monoisotopic (exact) mass is 390 g/mol. The Bertz CT molecular complexity index is 695. The van der Waals surface area contributed by atoms with Gasteiger partial charge in [0.25, 0.3) is 0 Å². The second-order valence-electron chi connectivity index (χ2n) is 6.72. The first-order chi connectivity index (χ1) is 11.8. The number of hydrogen-bond donors (Lipinski definition) is 1. The third-order valence-corrected chi connectivity index (χ3v) is 3.59. The number of nitrogens with one attached hydrogen (secondary N) is 1. The molecule has 0 atom stereocenters. The summed E-state index contributed by atoms with van der Waals surface area (Å²) in [5, 5.41) is 2.34. The van der Waals surface area contributed by atoms with Gasteiger partial charge in [-0.05, 0) is 51.5 Å². The quantitative estimate of drug-likeness (QED) is 0.768. The number of nitrogens with zero attached hydrogens (tertiary/aromatic N) is 1. The van der Waals surface area contributed by atoms with Crippen LogP contribution in [0.15, 0.2) is 24.3 Å². The highest BCUT2D eigenvalue weighted by molar-refractivity contribution is 6.31. The van der Waals surface area contributed by atoms with Gasteiger partial charge in [-0.1, -0.05) is 17.7 Å². The van der Waals surface area contributed by atoms with Gasteiger partial charge < -0.3 is 10.2 Å². The minimum Gasteiger partial charge on any atom is -0.350 e. The smallest absolute Gasteiger partial charge is 0.350 e. The Balaban J connectivity index is 2.86. The van der Waals surface area contributed by atoms with Gasteiger partial charge in [-0.25, -0.2) is 0 Å². The van der Waals surface area contributed by atoms with Gasteiger partial charge in [-0.3, -0.25) is 9.59 Å². The van der Waals surface area contributed by atoms with Crippen LogP contribution in [0, 0.1) is 0 Å². The van der Waals surface area contributed by atoms with E-state index in [2.05, 4.69) is 5.32 Å². The van der Waals surface area contributed by atoms with Crippen LogP contribution in [-0.4, -0.2) is 35.3 Å². The molecule has 0 unspecified atom stereocenters. The van der Waals surface area contributed by atoms with Crippen molar-refractivity contribution in [1.82, 2.24) is 10.2 Å². The van der Waals surface area contributed by atoms with Crippen LogP contribution in [0.25, 0.3) is 6.08 Å². The molecule has 2 amide bonds. The average Bonchev–Trinajstić information content (AvgIpc) is 2.48. The van der Waals surface area contributed by atoms with Crippen LogP contribution in [0.1, 0.15) is 38.8 Å².